The second kappa shape index (κ2) is 5.32. The van der Waals surface area contributed by atoms with Crippen LogP contribution in [0.4, 0.5) is 0 Å². The van der Waals surface area contributed by atoms with E-state index in [9.17, 15) is 13.2 Å². The van der Waals surface area contributed by atoms with Crippen LogP contribution in [0.3, 0.4) is 0 Å². The van der Waals surface area contributed by atoms with Crippen molar-refractivity contribution in [3.05, 3.63) is 0 Å². The van der Waals surface area contributed by atoms with Crippen LogP contribution in [-0.4, -0.2) is 42.4 Å². The van der Waals surface area contributed by atoms with E-state index in [0.717, 1.165) is 6.42 Å². The van der Waals surface area contributed by atoms with E-state index < -0.39 is 21.7 Å². The van der Waals surface area contributed by atoms with Crippen molar-refractivity contribution in [2.24, 2.45) is 0 Å². The van der Waals surface area contributed by atoms with E-state index in [1.165, 1.54) is 4.31 Å². The maximum atomic E-state index is 12.0. The molecule has 0 saturated heterocycles. The van der Waals surface area contributed by atoms with E-state index >= 15 is 0 Å². The average Bonchev–Trinajstić information content (AvgIpc) is 2.14. The van der Waals surface area contributed by atoms with Gasteiger partial charge in [0, 0.05) is 18.6 Å². The van der Waals surface area contributed by atoms with Gasteiger partial charge in [0.05, 0.1) is 6.42 Å². The molecule has 1 saturated carbocycles. The van der Waals surface area contributed by atoms with Gasteiger partial charge in [0.25, 0.3) is 10.2 Å². The lowest BCUT2D eigenvalue weighted by atomic mass is 9.75. The molecule has 0 atom stereocenters. The van der Waals surface area contributed by atoms with Gasteiger partial charge in [-0.05, 0) is 19.3 Å². The summed E-state index contributed by atoms with van der Waals surface area (Å²) in [5, 5.41) is 8.82. The second-order valence-electron chi connectivity index (χ2n) is 4.40. The Morgan fingerprint density at radius 1 is 1.35 bits per heavy atom. The van der Waals surface area contributed by atoms with Crippen molar-refractivity contribution in [2.45, 2.75) is 45.1 Å². The van der Waals surface area contributed by atoms with E-state index in [1.807, 2.05) is 0 Å². The molecule has 0 aromatic carbocycles. The zero-order valence-corrected chi connectivity index (χ0v) is 11.1. The van der Waals surface area contributed by atoms with Crippen LogP contribution >= 0.6 is 0 Å². The maximum absolute atomic E-state index is 12.0. The monoisotopic (exact) mass is 264 g/mol. The largest absolute Gasteiger partial charge is 0.481 e. The van der Waals surface area contributed by atoms with Crippen molar-refractivity contribution in [1.82, 2.24) is 9.03 Å². The highest BCUT2D eigenvalue weighted by Crippen LogP contribution is 2.35. The molecule has 2 N–H and O–H groups in total. The summed E-state index contributed by atoms with van der Waals surface area (Å²) in [5.74, 6) is -0.966. The maximum Gasteiger partial charge on any atom is 0.305 e. The van der Waals surface area contributed by atoms with Crippen LogP contribution in [0.1, 0.15) is 39.5 Å². The van der Waals surface area contributed by atoms with Gasteiger partial charge in [0.1, 0.15) is 0 Å². The van der Waals surface area contributed by atoms with Gasteiger partial charge in [-0.2, -0.15) is 17.4 Å². The van der Waals surface area contributed by atoms with Crippen LogP contribution in [0.15, 0.2) is 0 Å². The lowest BCUT2D eigenvalue weighted by molar-refractivity contribution is -0.139. The Balaban J connectivity index is 2.77. The van der Waals surface area contributed by atoms with E-state index in [1.54, 1.807) is 13.8 Å². The summed E-state index contributed by atoms with van der Waals surface area (Å²) in [6.45, 7) is 4.28. The van der Waals surface area contributed by atoms with E-state index in [2.05, 4.69) is 4.72 Å². The molecule has 0 bridgehead atoms. The number of nitrogens with zero attached hydrogens (tertiary/aromatic N) is 1. The molecular weight excluding hydrogens is 244 g/mol. The number of carboxylic acid groups (broad SMARTS) is 1. The SMILES string of the molecule is CCN(CC)S(=O)(=O)NC1(CC(=O)O)CCC1. The molecule has 0 aromatic heterocycles. The first-order chi connectivity index (χ1) is 7.85. The zero-order chi connectivity index (χ0) is 13.1. The summed E-state index contributed by atoms with van der Waals surface area (Å²) in [6.07, 6.45) is 1.92. The number of nitrogens with one attached hydrogen (secondary N) is 1. The third-order valence-electron chi connectivity index (χ3n) is 3.19. The number of aliphatic carboxylic acids is 1. The Hall–Kier alpha value is -0.660. The van der Waals surface area contributed by atoms with Gasteiger partial charge in [0.2, 0.25) is 0 Å². The van der Waals surface area contributed by atoms with Crippen LogP contribution in [0.5, 0.6) is 0 Å². The fraction of sp³-hybridized carbons (Fsp3) is 0.900. The number of carboxylic acids is 1. The first kappa shape index (κ1) is 14.4. The minimum Gasteiger partial charge on any atom is -0.481 e. The van der Waals surface area contributed by atoms with Crippen LogP contribution < -0.4 is 4.72 Å². The summed E-state index contributed by atoms with van der Waals surface area (Å²) in [6, 6.07) is 0. The second-order valence-corrected chi connectivity index (χ2v) is 6.07. The van der Waals surface area contributed by atoms with Crippen molar-refractivity contribution in [3.63, 3.8) is 0 Å². The molecule has 0 spiro atoms. The predicted molar refractivity (Wildman–Crippen MR) is 63.8 cm³/mol. The predicted octanol–water partition coefficient (Wildman–Crippen LogP) is 0.560. The molecule has 7 heteroatoms. The van der Waals surface area contributed by atoms with E-state index in [4.69, 9.17) is 5.11 Å². The lowest BCUT2D eigenvalue weighted by Gasteiger charge is -2.42. The van der Waals surface area contributed by atoms with Gasteiger partial charge >= 0.3 is 5.97 Å². The van der Waals surface area contributed by atoms with Gasteiger partial charge in [-0.1, -0.05) is 13.8 Å². The number of rotatable bonds is 7. The van der Waals surface area contributed by atoms with Crippen molar-refractivity contribution in [1.29, 1.82) is 0 Å². The van der Waals surface area contributed by atoms with Crippen molar-refractivity contribution < 1.29 is 18.3 Å². The molecule has 1 aliphatic carbocycles. The van der Waals surface area contributed by atoms with Gasteiger partial charge in [-0.25, -0.2) is 0 Å². The van der Waals surface area contributed by atoms with Gasteiger partial charge in [0.15, 0.2) is 0 Å². The molecule has 0 amide bonds. The lowest BCUT2D eigenvalue weighted by Crippen LogP contribution is -2.58. The van der Waals surface area contributed by atoms with Gasteiger partial charge < -0.3 is 5.11 Å². The minimum atomic E-state index is -3.57. The fourth-order valence-corrected chi connectivity index (χ4v) is 3.74. The smallest absolute Gasteiger partial charge is 0.305 e. The first-order valence-electron chi connectivity index (χ1n) is 5.86. The Labute approximate surface area is 102 Å². The first-order valence-corrected chi connectivity index (χ1v) is 7.30. The Morgan fingerprint density at radius 3 is 2.18 bits per heavy atom. The fourth-order valence-electron chi connectivity index (χ4n) is 2.11. The van der Waals surface area contributed by atoms with Crippen LogP contribution in [0, 0.1) is 0 Å². The molecule has 1 aliphatic rings. The van der Waals surface area contributed by atoms with Crippen LogP contribution in [0.25, 0.3) is 0 Å². The topological polar surface area (TPSA) is 86.7 Å². The molecular formula is C10H20N2O4S. The number of hydrogen-bond donors (Lipinski definition) is 2. The highest BCUT2D eigenvalue weighted by atomic mass is 32.2. The summed E-state index contributed by atoms with van der Waals surface area (Å²) in [7, 11) is -3.57. The number of carbonyl (C=O) groups is 1. The molecule has 0 heterocycles. The Bertz CT molecular complexity index is 372. The molecule has 0 aromatic rings. The molecule has 1 rings (SSSR count). The number of hydrogen-bond acceptors (Lipinski definition) is 3. The molecule has 0 radical (unpaired) electrons. The summed E-state index contributed by atoms with van der Waals surface area (Å²) < 4.78 is 27.9. The average molecular weight is 264 g/mol. The quantitative estimate of drug-likeness (QED) is 0.703. The normalized spacial score (nSPS) is 19.0. The van der Waals surface area contributed by atoms with Gasteiger partial charge in [-0.3, -0.25) is 4.79 Å². The molecule has 0 aliphatic heterocycles. The van der Waals surface area contributed by atoms with Crippen LogP contribution in [0.2, 0.25) is 0 Å². The molecule has 1 fully saturated rings. The van der Waals surface area contributed by atoms with Crippen LogP contribution in [-0.2, 0) is 15.0 Å². The molecule has 6 nitrogen and oxygen atoms in total. The van der Waals surface area contributed by atoms with Crippen molar-refractivity contribution in [2.75, 3.05) is 13.1 Å². The Kier molecular flexibility index (Phi) is 4.51. The van der Waals surface area contributed by atoms with E-state index in [-0.39, 0.29) is 6.42 Å². The zero-order valence-electron chi connectivity index (χ0n) is 10.3. The summed E-state index contributed by atoms with van der Waals surface area (Å²) in [4.78, 5) is 10.8. The van der Waals surface area contributed by atoms with Gasteiger partial charge in [-0.15, -0.1) is 0 Å². The molecule has 0 unspecified atom stereocenters. The highest BCUT2D eigenvalue weighted by molar-refractivity contribution is 7.87. The Morgan fingerprint density at radius 2 is 1.88 bits per heavy atom. The van der Waals surface area contributed by atoms with Crippen molar-refractivity contribution >= 4 is 16.2 Å². The highest BCUT2D eigenvalue weighted by Gasteiger charge is 2.43. The third-order valence-corrected chi connectivity index (χ3v) is 5.08. The van der Waals surface area contributed by atoms with Crippen molar-refractivity contribution in [3.8, 4) is 0 Å². The standard InChI is InChI=1S/C10H20N2O4S/c1-3-12(4-2)17(15,16)11-10(6-5-7-10)8-9(13)14/h11H,3-8H2,1-2H3,(H,13,14). The third kappa shape index (κ3) is 3.40. The molecule has 17 heavy (non-hydrogen) atoms. The summed E-state index contributed by atoms with van der Waals surface area (Å²) in [5.41, 5.74) is -0.771. The molecule has 100 valence electrons. The van der Waals surface area contributed by atoms with E-state index in [0.29, 0.717) is 25.9 Å². The summed E-state index contributed by atoms with van der Waals surface area (Å²) >= 11 is 0. The minimum absolute atomic E-state index is 0.145.